The van der Waals surface area contributed by atoms with Gasteiger partial charge < -0.3 is 10.4 Å². The molecule has 0 saturated carbocycles. The first-order valence-corrected chi connectivity index (χ1v) is 7.28. The van der Waals surface area contributed by atoms with Gasteiger partial charge in [-0.3, -0.25) is 9.69 Å². The Kier molecular flexibility index (Phi) is 7.12. The summed E-state index contributed by atoms with van der Waals surface area (Å²) in [4.78, 5) is 13.5. The summed E-state index contributed by atoms with van der Waals surface area (Å²) in [6.07, 6.45) is 0. The van der Waals surface area contributed by atoms with Gasteiger partial charge in [-0.05, 0) is 32.0 Å². The summed E-state index contributed by atoms with van der Waals surface area (Å²) >= 11 is 3.29. The Morgan fingerprint density at radius 2 is 2.20 bits per heavy atom. The molecular formula is C14H20BrFN2O2. The van der Waals surface area contributed by atoms with Gasteiger partial charge in [0, 0.05) is 29.2 Å². The van der Waals surface area contributed by atoms with Crippen molar-refractivity contribution < 1.29 is 14.3 Å². The van der Waals surface area contributed by atoms with Crippen molar-refractivity contribution in [1.29, 1.82) is 0 Å². The maximum absolute atomic E-state index is 13.7. The molecule has 20 heavy (non-hydrogen) atoms. The number of hydrogen-bond acceptors (Lipinski definition) is 3. The van der Waals surface area contributed by atoms with Crippen LogP contribution in [0.2, 0.25) is 0 Å². The topological polar surface area (TPSA) is 52.6 Å². The molecule has 0 fully saturated rings. The Balaban J connectivity index is 2.71. The molecule has 0 aliphatic heterocycles. The number of nitrogens with one attached hydrogen (secondary N) is 1. The molecule has 0 radical (unpaired) electrons. The highest BCUT2D eigenvalue weighted by atomic mass is 79.9. The Morgan fingerprint density at radius 3 is 2.80 bits per heavy atom. The second kappa shape index (κ2) is 8.34. The molecule has 4 nitrogen and oxygen atoms in total. The summed E-state index contributed by atoms with van der Waals surface area (Å²) in [5.41, 5.74) is 0.491. The Hall–Kier alpha value is -0.980. The lowest BCUT2D eigenvalue weighted by Crippen LogP contribution is -2.40. The largest absolute Gasteiger partial charge is 0.395 e. The molecule has 0 unspecified atom stereocenters. The fourth-order valence-corrected chi connectivity index (χ4v) is 2.24. The van der Waals surface area contributed by atoms with E-state index in [1.54, 1.807) is 17.0 Å². The minimum absolute atomic E-state index is 0.0566. The summed E-state index contributed by atoms with van der Waals surface area (Å²) in [6.45, 7) is 4.40. The molecule has 112 valence electrons. The molecule has 1 aromatic carbocycles. The van der Waals surface area contributed by atoms with E-state index in [0.717, 1.165) is 4.47 Å². The van der Waals surface area contributed by atoms with Gasteiger partial charge in [-0.2, -0.15) is 0 Å². The van der Waals surface area contributed by atoms with Crippen LogP contribution in [-0.2, 0) is 11.3 Å². The summed E-state index contributed by atoms with van der Waals surface area (Å²) < 4.78 is 14.5. The van der Waals surface area contributed by atoms with E-state index in [2.05, 4.69) is 21.2 Å². The molecule has 0 aliphatic rings. The summed E-state index contributed by atoms with van der Waals surface area (Å²) in [6, 6.07) is 4.74. The zero-order chi connectivity index (χ0) is 15.1. The average Bonchev–Trinajstić information content (AvgIpc) is 2.33. The van der Waals surface area contributed by atoms with Crippen molar-refractivity contribution in [3.8, 4) is 0 Å². The number of amides is 1. The molecule has 1 aromatic rings. The van der Waals surface area contributed by atoms with Gasteiger partial charge >= 0.3 is 0 Å². The number of aliphatic hydroxyl groups excluding tert-OH is 1. The molecule has 0 aromatic heterocycles. The van der Waals surface area contributed by atoms with E-state index >= 15 is 0 Å². The third-order valence-corrected chi connectivity index (χ3v) is 3.13. The van der Waals surface area contributed by atoms with Crippen molar-refractivity contribution in [2.24, 2.45) is 0 Å². The Morgan fingerprint density at radius 1 is 1.50 bits per heavy atom. The number of carbonyl (C=O) groups excluding carboxylic acids is 1. The van der Waals surface area contributed by atoms with Gasteiger partial charge in [0.25, 0.3) is 0 Å². The van der Waals surface area contributed by atoms with Crippen LogP contribution in [0.4, 0.5) is 4.39 Å². The first kappa shape index (κ1) is 17.1. The lowest BCUT2D eigenvalue weighted by Gasteiger charge is -2.22. The number of rotatable bonds is 7. The smallest absolute Gasteiger partial charge is 0.234 e. The van der Waals surface area contributed by atoms with E-state index in [1.807, 2.05) is 13.8 Å². The van der Waals surface area contributed by atoms with Gasteiger partial charge in [0.05, 0.1) is 13.2 Å². The van der Waals surface area contributed by atoms with Gasteiger partial charge in [-0.1, -0.05) is 15.9 Å². The predicted octanol–water partition coefficient (Wildman–Crippen LogP) is 1.91. The summed E-state index contributed by atoms with van der Waals surface area (Å²) in [5.74, 6) is -0.454. The maximum atomic E-state index is 13.7. The highest BCUT2D eigenvalue weighted by molar-refractivity contribution is 9.10. The first-order chi connectivity index (χ1) is 9.42. The maximum Gasteiger partial charge on any atom is 0.234 e. The molecule has 0 bridgehead atoms. The third-order valence-electron chi connectivity index (χ3n) is 2.63. The lowest BCUT2D eigenvalue weighted by atomic mass is 10.2. The molecule has 0 atom stereocenters. The van der Waals surface area contributed by atoms with Crippen molar-refractivity contribution in [3.63, 3.8) is 0 Å². The van der Waals surface area contributed by atoms with Crippen molar-refractivity contribution in [1.82, 2.24) is 10.2 Å². The lowest BCUT2D eigenvalue weighted by molar-refractivity contribution is -0.123. The summed E-state index contributed by atoms with van der Waals surface area (Å²) in [5, 5.41) is 11.8. The molecule has 6 heteroatoms. The van der Waals surface area contributed by atoms with Crippen LogP contribution in [0.5, 0.6) is 0 Å². The van der Waals surface area contributed by atoms with Crippen LogP contribution in [0.1, 0.15) is 19.4 Å². The van der Waals surface area contributed by atoms with Gasteiger partial charge in [-0.25, -0.2) is 4.39 Å². The molecular weight excluding hydrogens is 327 g/mol. The van der Waals surface area contributed by atoms with Crippen LogP contribution in [0.15, 0.2) is 22.7 Å². The van der Waals surface area contributed by atoms with Crippen LogP contribution in [0, 0.1) is 5.82 Å². The zero-order valence-electron chi connectivity index (χ0n) is 11.7. The number of hydrogen-bond donors (Lipinski definition) is 2. The van der Waals surface area contributed by atoms with Crippen molar-refractivity contribution in [2.45, 2.75) is 26.4 Å². The van der Waals surface area contributed by atoms with E-state index in [9.17, 15) is 9.18 Å². The van der Waals surface area contributed by atoms with Crippen LogP contribution in [0.25, 0.3) is 0 Å². The minimum Gasteiger partial charge on any atom is -0.395 e. The zero-order valence-corrected chi connectivity index (χ0v) is 13.3. The van der Waals surface area contributed by atoms with Crippen molar-refractivity contribution in [3.05, 3.63) is 34.1 Å². The molecule has 2 N–H and O–H groups in total. The molecule has 0 saturated heterocycles. The fourth-order valence-electron chi connectivity index (χ4n) is 1.83. The van der Waals surface area contributed by atoms with Gasteiger partial charge in [0.2, 0.25) is 5.91 Å². The summed E-state index contributed by atoms with van der Waals surface area (Å²) in [7, 11) is 0. The number of carbonyl (C=O) groups is 1. The number of halogens is 2. The molecule has 1 rings (SSSR count). The molecule has 0 spiro atoms. The van der Waals surface area contributed by atoms with E-state index in [4.69, 9.17) is 5.11 Å². The number of aliphatic hydroxyl groups is 1. The molecule has 1 amide bonds. The van der Waals surface area contributed by atoms with Crippen LogP contribution < -0.4 is 5.32 Å². The second-order valence-electron chi connectivity index (χ2n) is 4.89. The Labute approximate surface area is 127 Å². The van der Waals surface area contributed by atoms with Gasteiger partial charge in [0.1, 0.15) is 5.82 Å². The second-order valence-corrected chi connectivity index (χ2v) is 5.81. The number of nitrogens with zero attached hydrogens (tertiary/aromatic N) is 1. The Bertz CT molecular complexity index is 455. The van der Waals surface area contributed by atoms with E-state index < -0.39 is 0 Å². The van der Waals surface area contributed by atoms with Gasteiger partial charge in [-0.15, -0.1) is 0 Å². The minimum atomic E-state index is -0.319. The van der Waals surface area contributed by atoms with Gasteiger partial charge in [0.15, 0.2) is 0 Å². The SMILES string of the molecule is CC(C)NC(=O)CN(CCO)Cc1cc(Br)ccc1F. The van der Waals surface area contributed by atoms with Crippen LogP contribution in [-0.4, -0.2) is 41.7 Å². The number of benzene rings is 1. The van der Waals surface area contributed by atoms with Crippen molar-refractivity contribution >= 4 is 21.8 Å². The predicted molar refractivity (Wildman–Crippen MR) is 79.7 cm³/mol. The van der Waals surface area contributed by atoms with E-state index in [1.165, 1.54) is 6.07 Å². The normalized spacial score (nSPS) is 11.2. The fraction of sp³-hybridized carbons (Fsp3) is 0.500. The third kappa shape index (κ3) is 5.98. The van der Waals surface area contributed by atoms with Crippen molar-refractivity contribution in [2.75, 3.05) is 19.7 Å². The highest BCUT2D eigenvalue weighted by Gasteiger charge is 2.14. The highest BCUT2D eigenvalue weighted by Crippen LogP contribution is 2.17. The van der Waals surface area contributed by atoms with E-state index in [0.29, 0.717) is 12.1 Å². The quantitative estimate of drug-likeness (QED) is 0.792. The standard InChI is InChI=1S/C14H20BrFN2O2/c1-10(2)17-14(20)9-18(5-6-19)8-11-7-12(15)3-4-13(11)16/h3-4,7,10,19H,5-6,8-9H2,1-2H3,(H,17,20). The average molecular weight is 347 g/mol. The van der Waals surface area contributed by atoms with Crippen LogP contribution >= 0.6 is 15.9 Å². The van der Waals surface area contributed by atoms with Crippen LogP contribution in [0.3, 0.4) is 0 Å². The monoisotopic (exact) mass is 346 g/mol. The molecule has 0 heterocycles. The molecule has 0 aliphatic carbocycles. The first-order valence-electron chi connectivity index (χ1n) is 6.49. The van der Waals surface area contributed by atoms with E-state index in [-0.39, 0.29) is 37.5 Å².